The van der Waals surface area contributed by atoms with Crippen LogP contribution in [0.25, 0.3) is 0 Å². The first-order valence-corrected chi connectivity index (χ1v) is 5.11. The van der Waals surface area contributed by atoms with Gasteiger partial charge >= 0.3 is 0 Å². The molecular weight excluding hydrogens is 260 g/mol. The third-order valence-corrected chi connectivity index (χ3v) is 2.67. The molecule has 5 heteroatoms. The molecule has 80 valence electrons. The standard InChI is InChI=1S/C10H11BrN2O2/c1-5(9(12)14)7-3-2-6(11)4-8(7)10(13)15/h2-5H,1H3,(H2,12,14)(H2,13,15)/t5-/m0/s1. The van der Waals surface area contributed by atoms with Gasteiger partial charge < -0.3 is 11.5 Å². The van der Waals surface area contributed by atoms with Crippen LogP contribution in [0.3, 0.4) is 0 Å². The molecule has 2 amide bonds. The van der Waals surface area contributed by atoms with Gasteiger partial charge in [-0.25, -0.2) is 0 Å². The van der Waals surface area contributed by atoms with Gasteiger partial charge in [-0.1, -0.05) is 22.0 Å². The Balaban J connectivity index is 3.28. The maximum absolute atomic E-state index is 11.2. The Labute approximate surface area is 95.8 Å². The largest absolute Gasteiger partial charge is 0.369 e. The van der Waals surface area contributed by atoms with Crippen molar-refractivity contribution in [3.63, 3.8) is 0 Å². The van der Waals surface area contributed by atoms with Crippen LogP contribution in [-0.4, -0.2) is 11.8 Å². The Hall–Kier alpha value is -1.36. The minimum Gasteiger partial charge on any atom is -0.369 e. The van der Waals surface area contributed by atoms with Crippen molar-refractivity contribution < 1.29 is 9.59 Å². The quantitative estimate of drug-likeness (QED) is 0.863. The lowest BCUT2D eigenvalue weighted by Gasteiger charge is -2.11. The van der Waals surface area contributed by atoms with Gasteiger partial charge in [-0.3, -0.25) is 9.59 Å². The number of primary amides is 2. The second-order valence-electron chi connectivity index (χ2n) is 3.22. The van der Waals surface area contributed by atoms with Crippen molar-refractivity contribution in [2.24, 2.45) is 11.5 Å². The zero-order valence-electron chi connectivity index (χ0n) is 8.16. The highest BCUT2D eigenvalue weighted by atomic mass is 79.9. The summed E-state index contributed by atoms with van der Waals surface area (Å²) < 4.78 is 0.733. The summed E-state index contributed by atoms with van der Waals surface area (Å²) in [6.45, 7) is 1.64. The fraction of sp³-hybridized carbons (Fsp3) is 0.200. The second kappa shape index (κ2) is 4.44. The average molecular weight is 271 g/mol. The smallest absolute Gasteiger partial charge is 0.249 e. The van der Waals surface area contributed by atoms with E-state index in [1.807, 2.05) is 0 Å². The lowest BCUT2D eigenvalue weighted by Crippen LogP contribution is -2.22. The average Bonchev–Trinajstić information content (AvgIpc) is 2.16. The SMILES string of the molecule is C[C@H](C(N)=O)c1ccc(Br)cc1C(N)=O. The first kappa shape index (κ1) is 11.7. The van der Waals surface area contributed by atoms with Crippen molar-refractivity contribution in [1.82, 2.24) is 0 Å². The van der Waals surface area contributed by atoms with Crippen molar-refractivity contribution in [1.29, 1.82) is 0 Å². The van der Waals surface area contributed by atoms with E-state index in [1.54, 1.807) is 25.1 Å². The normalized spacial score (nSPS) is 12.1. The summed E-state index contributed by atoms with van der Waals surface area (Å²) in [7, 11) is 0. The van der Waals surface area contributed by atoms with E-state index in [9.17, 15) is 9.59 Å². The van der Waals surface area contributed by atoms with Crippen molar-refractivity contribution in [2.45, 2.75) is 12.8 Å². The molecule has 4 nitrogen and oxygen atoms in total. The van der Waals surface area contributed by atoms with Crippen LogP contribution in [0.5, 0.6) is 0 Å². The fourth-order valence-corrected chi connectivity index (χ4v) is 1.63. The highest BCUT2D eigenvalue weighted by Gasteiger charge is 2.18. The van der Waals surface area contributed by atoms with Crippen LogP contribution < -0.4 is 11.5 Å². The molecule has 4 N–H and O–H groups in total. The summed E-state index contributed by atoms with van der Waals surface area (Å²) in [4.78, 5) is 22.2. The van der Waals surface area contributed by atoms with Crippen LogP contribution in [0.1, 0.15) is 28.8 Å². The Bertz CT molecular complexity index is 418. The van der Waals surface area contributed by atoms with Gasteiger partial charge in [0, 0.05) is 10.0 Å². The molecule has 0 bridgehead atoms. The maximum atomic E-state index is 11.2. The van der Waals surface area contributed by atoms with E-state index in [0.29, 0.717) is 11.1 Å². The molecule has 1 atom stereocenters. The van der Waals surface area contributed by atoms with Gasteiger partial charge in [-0.15, -0.1) is 0 Å². The first-order valence-electron chi connectivity index (χ1n) is 4.32. The topological polar surface area (TPSA) is 86.2 Å². The van der Waals surface area contributed by atoms with Crippen molar-refractivity contribution in [3.8, 4) is 0 Å². The highest BCUT2D eigenvalue weighted by molar-refractivity contribution is 9.10. The molecule has 0 heterocycles. The lowest BCUT2D eigenvalue weighted by molar-refractivity contribution is -0.119. The second-order valence-corrected chi connectivity index (χ2v) is 4.14. The molecule has 1 aromatic rings. The number of rotatable bonds is 3. The van der Waals surface area contributed by atoms with E-state index in [-0.39, 0.29) is 0 Å². The molecule has 0 radical (unpaired) electrons. The van der Waals surface area contributed by atoms with Crippen LogP contribution in [0, 0.1) is 0 Å². The van der Waals surface area contributed by atoms with Gasteiger partial charge in [0.15, 0.2) is 0 Å². The van der Waals surface area contributed by atoms with Crippen LogP contribution in [0.4, 0.5) is 0 Å². The zero-order valence-corrected chi connectivity index (χ0v) is 9.74. The molecule has 0 aliphatic carbocycles. The van der Waals surface area contributed by atoms with Gasteiger partial charge in [0.05, 0.1) is 5.92 Å². The number of hydrogen-bond donors (Lipinski definition) is 2. The van der Waals surface area contributed by atoms with Gasteiger partial charge in [-0.05, 0) is 24.6 Å². The Morgan fingerprint density at radius 3 is 2.40 bits per heavy atom. The zero-order chi connectivity index (χ0) is 11.6. The third-order valence-electron chi connectivity index (χ3n) is 2.17. The molecule has 1 aromatic carbocycles. The predicted octanol–water partition coefficient (Wildman–Crippen LogP) is 1.14. The summed E-state index contributed by atoms with van der Waals surface area (Å²) in [5.41, 5.74) is 11.3. The van der Waals surface area contributed by atoms with E-state index >= 15 is 0 Å². The minimum atomic E-state index is -0.570. The van der Waals surface area contributed by atoms with Crippen LogP contribution in [-0.2, 0) is 4.79 Å². The number of carbonyl (C=O) groups excluding carboxylic acids is 2. The Morgan fingerprint density at radius 2 is 1.93 bits per heavy atom. The molecule has 1 rings (SSSR count). The number of carbonyl (C=O) groups is 2. The van der Waals surface area contributed by atoms with Gasteiger partial charge in [-0.2, -0.15) is 0 Å². The van der Waals surface area contributed by atoms with E-state index in [4.69, 9.17) is 11.5 Å². The molecule has 0 aromatic heterocycles. The van der Waals surface area contributed by atoms with Gasteiger partial charge in [0.25, 0.3) is 0 Å². The summed E-state index contributed by atoms with van der Waals surface area (Å²) in [5, 5.41) is 0. The monoisotopic (exact) mass is 270 g/mol. The van der Waals surface area contributed by atoms with Crippen molar-refractivity contribution in [2.75, 3.05) is 0 Å². The summed E-state index contributed by atoms with van der Waals surface area (Å²) in [6, 6.07) is 4.98. The van der Waals surface area contributed by atoms with E-state index in [1.165, 1.54) is 0 Å². The Morgan fingerprint density at radius 1 is 1.33 bits per heavy atom. The molecule has 0 fully saturated rings. The molecule has 15 heavy (non-hydrogen) atoms. The molecular formula is C10H11BrN2O2. The minimum absolute atomic E-state index is 0.315. The van der Waals surface area contributed by atoms with E-state index < -0.39 is 17.7 Å². The lowest BCUT2D eigenvalue weighted by atomic mass is 9.95. The molecule has 0 aliphatic rings. The molecule has 0 unspecified atom stereocenters. The molecule has 0 saturated heterocycles. The first-order chi connectivity index (χ1) is 6.93. The molecule has 0 spiro atoms. The van der Waals surface area contributed by atoms with E-state index in [0.717, 1.165) is 4.47 Å². The summed E-state index contributed by atoms with van der Waals surface area (Å²) in [6.07, 6.45) is 0. The number of hydrogen-bond acceptors (Lipinski definition) is 2. The van der Waals surface area contributed by atoms with Crippen LogP contribution in [0.15, 0.2) is 22.7 Å². The van der Waals surface area contributed by atoms with Gasteiger partial charge in [0.2, 0.25) is 11.8 Å². The van der Waals surface area contributed by atoms with Crippen LogP contribution >= 0.6 is 15.9 Å². The third kappa shape index (κ3) is 2.56. The summed E-state index contributed by atoms with van der Waals surface area (Å²) >= 11 is 3.23. The molecule has 0 saturated carbocycles. The predicted molar refractivity (Wildman–Crippen MR) is 60.3 cm³/mol. The van der Waals surface area contributed by atoms with Gasteiger partial charge in [0.1, 0.15) is 0 Å². The molecule has 0 aliphatic heterocycles. The number of halogens is 1. The Kier molecular flexibility index (Phi) is 3.47. The van der Waals surface area contributed by atoms with Crippen LogP contribution in [0.2, 0.25) is 0 Å². The number of amides is 2. The maximum Gasteiger partial charge on any atom is 0.249 e. The fourth-order valence-electron chi connectivity index (χ4n) is 1.27. The number of nitrogens with two attached hydrogens (primary N) is 2. The summed E-state index contributed by atoms with van der Waals surface area (Å²) in [5.74, 6) is -1.58. The highest BCUT2D eigenvalue weighted by Crippen LogP contribution is 2.23. The van der Waals surface area contributed by atoms with E-state index in [2.05, 4.69) is 15.9 Å². The number of benzene rings is 1. The van der Waals surface area contributed by atoms with Crippen molar-refractivity contribution >= 4 is 27.7 Å². The van der Waals surface area contributed by atoms with Crippen molar-refractivity contribution in [3.05, 3.63) is 33.8 Å².